The normalized spacial score (nSPS) is 10.3. The van der Waals surface area contributed by atoms with E-state index in [0.29, 0.717) is 24.3 Å². The van der Waals surface area contributed by atoms with E-state index in [0.717, 1.165) is 20.3 Å². The minimum absolute atomic E-state index is 0.0239. The van der Waals surface area contributed by atoms with E-state index in [-0.39, 0.29) is 11.8 Å². The van der Waals surface area contributed by atoms with E-state index < -0.39 is 0 Å². The molecule has 7 heteroatoms. The van der Waals surface area contributed by atoms with Crippen molar-refractivity contribution in [3.63, 3.8) is 0 Å². The topological polar surface area (TPSA) is 58.2 Å². The third-order valence-electron chi connectivity index (χ3n) is 3.16. The van der Waals surface area contributed by atoms with Gasteiger partial charge in [-0.2, -0.15) is 11.8 Å². The third-order valence-corrected chi connectivity index (χ3v) is 5.14. The Labute approximate surface area is 168 Å². The molecule has 0 spiro atoms. The molecule has 0 heterocycles. The van der Waals surface area contributed by atoms with Gasteiger partial charge in [0.05, 0.1) is 0 Å². The first kappa shape index (κ1) is 20.0. The number of nitrogens with one attached hydrogen (secondary N) is 2. The minimum Gasteiger partial charge on any atom is -0.326 e. The van der Waals surface area contributed by atoms with Crippen LogP contribution in [0.3, 0.4) is 0 Å². The van der Waals surface area contributed by atoms with Crippen LogP contribution in [0.15, 0.2) is 57.5 Å². The summed E-state index contributed by atoms with van der Waals surface area (Å²) in [6.07, 6.45) is 0.842. The number of thioether (sulfide) groups is 1. The lowest BCUT2D eigenvalue weighted by Crippen LogP contribution is -2.14. The van der Waals surface area contributed by atoms with E-state index in [2.05, 4.69) is 42.5 Å². The number of rotatable bonds is 8. The number of amides is 2. The van der Waals surface area contributed by atoms with Gasteiger partial charge in [0.25, 0.3) is 0 Å². The quantitative estimate of drug-likeness (QED) is 0.498. The molecule has 0 saturated carbocycles. The van der Waals surface area contributed by atoms with Gasteiger partial charge in [0.2, 0.25) is 11.8 Å². The molecule has 25 heavy (non-hydrogen) atoms. The zero-order valence-electron chi connectivity index (χ0n) is 13.4. The average molecular weight is 486 g/mol. The summed E-state index contributed by atoms with van der Waals surface area (Å²) >= 11 is 8.34. The first-order chi connectivity index (χ1) is 12.0. The molecular weight excluding hydrogens is 468 g/mol. The van der Waals surface area contributed by atoms with Gasteiger partial charge in [-0.25, -0.2) is 0 Å². The molecule has 0 unspecified atom stereocenters. The number of hydrogen-bond acceptors (Lipinski definition) is 3. The summed E-state index contributed by atoms with van der Waals surface area (Å²) in [5, 5.41) is 5.71. The Morgan fingerprint density at radius 2 is 1.24 bits per heavy atom. The zero-order valence-corrected chi connectivity index (χ0v) is 17.4. The highest BCUT2D eigenvalue weighted by molar-refractivity contribution is 9.10. The molecule has 0 bridgehead atoms. The maximum atomic E-state index is 11.9. The molecule has 132 valence electrons. The Morgan fingerprint density at radius 3 is 1.64 bits per heavy atom. The predicted octanol–water partition coefficient (Wildman–Crippen LogP) is 5.30. The highest BCUT2D eigenvalue weighted by Gasteiger charge is 2.05. The molecule has 0 saturated heterocycles. The molecule has 0 aliphatic carbocycles. The number of carbonyl (C=O) groups is 2. The van der Waals surface area contributed by atoms with Crippen LogP contribution in [0, 0.1) is 0 Å². The summed E-state index contributed by atoms with van der Waals surface area (Å²) in [5.41, 5.74) is 1.55. The van der Waals surface area contributed by atoms with Gasteiger partial charge in [0.15, 0.2) is 0 Å². The molecule has 2 amide bonds. The summed E-state index contributed by atoms with van der Waals surface area (Å²) in [6.45, 7) is 0. The zero-order chi connectivity index (χ0) is 18.1. The van der Waals surface area contributed by atoms with Crippen LogP contribution in [0.5, 0.6) is 0 Å². The van der Waals surface area contributed by atoms with Crippen LogP contribution in [0.4, 0.5) is 11.4 Å². The van der Waals surface area contributed by atoms with E-state index in [1.54, 1.807) is 11.8 Å². The van der Waals surface area contributed by atoms with Crippen molar-refractivity contribution in [1.29, 1.82) is 0 Å². The number of hydrogen-bond donors (Lipinski definition) is 2. The van der Waals surface area contributed by atoms with Crippen molar-refractivity contribution >= 4 is 66.8 Å². The van der Waals surface area contributed by atoms with E-state index in [1.165, 1.54) is 0 Å². The fraction of sp³-hybridized carbons (Fsp3) is 0.222. The second-order valence-corrected chi connectivity index (χ2v) is 8.29. The van der Waals surface area contributed by atoms with E-state index in [9.17, 15) is 9.59 Å². The van der Waals surface area contributed by atoms with E-state index in [1.807, 2.05) is 48.5 Å². The lowest BCUT2D eigenvalue weighted by atomic mass is 10.3. The summed E-state index contributed by atoms with van der Waals surface area (Å²) < 4.78 is 1.85. The summed E-state index contributed by atoms with van der Waals surface area (Å²) in [4.78, 5) is 23.7. The van der Waals surface area contributed by atoms with Crippen LogP contribution in [0.25, 0.3) is 0 Å². The molecule has 2 rings (SSSR count). The molecular formula is C18H18Br2N2O2S. The largest absolute Gasteiger partial charge is 0.326 e. The molecule has 0 aliphatic rings. The first-order valence-electron chi connectivity index (χ1n) is 7.71. The molecule has 0 radical (unpaired) electrons. The second-order valence-electron chi connectivity index (χ2n) is 5.23. The molecule has 0 atom stereocenters. The highest BCUT2D eigenvalue weighted by Crippen LogP contribution is 2.17. The summed E-state index contributed by atoms with van der Waals surface area (Å²) in [6, 6.07) is 15.0. The minimum atomic E-state index is -0.0239. The Kier molecular flexibility index (Phi) is 8.51. The summed E-state index contributed by atoms with van der Waals surface area (Å²) in [5.74, 6) is 1.32. The van der Waals surface area contributed by atoms with Gasteiger partial charge in [0, 0.05) is 44.7 Å². The number of anilines is 2. The molecule has 2 aromatic rings. The van der Waals surface area contributed by atoms with Gasteiger partial charge in [-0.3, -0.25) is 9.59 Å². The molecule has 4 nitrogen and oxygen atoms in total. The predicted molar refractivity (Wildman–Crippen MR) is 112 cm³/mol. The fourth-order valence-electron chi connectivity index (χ4n) is 2.01. The lowest BCUT2D eigenvalue weighted by Gasteiger charge is -2.07. The van der Waals surface area contributed by atoms with Crippen molar-refractivity contribution in [1.82, 2.24) is 0 Å². The Hall–Kier alpha value is -1.31. The maximum absolute atomic E-state index is 11.9. The van der Waals surface area contributed by atoms with Crippen LogP contribution < -0.4 is 10.6 Å². The Balaban J connectivity index is 1.59. The van der Waals surface area contributed by atoms with Crippen molar-refractivity contribution < 1.29 is 9.59 Å². The van der Waals surface area contributed by atoms with Gasteiger partial charge < -0.3 is 10.6 Å². The van der Waals surface area contributed by atoms with E-state index in [4.69, 9.17) is 0 Å². The Morgan fingerprint density at radius 1 is 0.800 bits per heavy atom. The van der Waals surface area contributed by atoms with Crippen LogP contribution in [0.2, 0.25) is 0 Å². The van der Waals surface area contributed by atoms with Crippen LogP contribution >= 0.6 is 43.6 Å². The standard InChI is InChI=1S/C18H18Br2N2O2S/c19-13-3-1-5-15(11-13)21-17(23)7-9-25-10-8-18(24)22-16-6-2-4-14(20)12-16/h1-6,11-12H,7-10H2,(H,21,23)(H,22,24). The smallest absolute Gasteiger partial charge is 0.225 e. The van der Waals surface area contributed by atoms with Gasteiger partial charge in [0.1, 0.15) is 0 Å². The molecule has 0 fully saturated rings. The SMILES string of the molecule is O=C(CCSCCC(=O)Nc1cccc(Br)c1)Nc1cccc(Br)c1. The number of carbonyl (C=O) groups excluding carboxylic acids is 2. The highest BCUT2D eigenvalue weighted by atomic mass is 79.9. The maximum Gasteiger partial charge on any atom is 0.225 e. The van der Waals surface area contributed by atoms with Crippen LogP contribution in [-0.2, 0) is 9.59 Å². The van der Waals surface area contributed by atoms with Gasteiger partial charge in [-0.1, -0.05) is 44.0 Å². The second kappa shape index (κ2) is 10.6. The van der Waals surface area contributed by atoms with Gasteiger partial charge >= 0.3 is 0 Å². The van der Waals surface area contributed by atoms with Crippen molar-refractivity contribution in [3.8, 4) is 0 Å². The van der Waals surface area contributed by atoms with Gasteiger partial charge in [-0.15, -0.1) is 0 Å². The summed E-state index contributed by atoms with van der Waals surface area (Å²) in [7, 11) is 0. The Bertz CT molecular complexity index is 679. The van der Waals surface area contributed by atoms with Crippen LogP contribution in [0.1, 0.15) is 12.8 Å². The van der Waals surface area contributed by atoms with Crippen molar-refractivity contribution in [2.75, 3.05) is 22.1 Å². The fourth-order valence-corrected chi connectivity index (χ4v) is 3.67. The van der Waals surface area contributed by atoms with Crippen LogP contribution in [-0.4, -0.2) is 23.3 Å². The van der Waals surface area contributed by atoms with Crippen molar-refractivity contribution in [2.45, 2.75) is 12.8 Å². The monoisotopic (exact) mass is 484 g/mol. The molecule has 2 N–H and O–H groups in total. The number of halogens is 2. The number of benzene rings is 2. The lowest BCUT2D eigenvalue weighted by molar-refractivity contribution is -0.116. The average Bonchev–Trinajstić information content (AvgIpc) is 2.54. The molecule has 0 aromatic heterocycles. The van der Waals surface area contributed by atoms with Crippen molar-refractivity contribution in [2.24, 2.45) is 0 Å². The third kappa shape index (κ3) is 8.07. The molecule has 2 aromatic carbocycles. The van der Waals surface area contributed by atoms with Gasteiger partial charge in [-0.05, 0) is 36.4 Å². The van der Waals surface area contributed by atoms with Crippen molar-refractivity contribution in [3.05, 3.63) is 57.5 Å². The van der Waals surface area contributed by atoms with E-state index >= 15 is 0 Å². The molecule has 0 aliphatic heterocycles. The first-order valence-corrected chi connectivity index (χ1v) is 10.5.